The highest BCUT2D eigenvalue weighted by Crippen LogP contribution is 2.41. The van der Waals surface area contributed by atoms with Gasteiger partial charge in [-0.1, -0.05) is 65.1 Å². The monoisotopic (exact) mass is 1360 g/mol. The Morgan fingerprint density at radius 1 is 0.573 bits per heavy atom. The smallest absolute Gasteiger partial charge is 0.468 e. The Hall–Kier alpha value is -4.48. The Morgan fingerprint density at radius 3 is 1.12 bits per heavy atom. The van der Waals surface area contributed by atoms with Crippen molar-refractivity contribution in [2.24, 2.45) is 0 Å². The Morgan fingerprint density at radius 2 is 0.866 bits per heavy atom. The lowest BCUT2D eigenvalue weighted by Crippen LogP contribution is -2.49. The predicted molar refractivity (Wildman–Crippen MR) is 265 cm³/mol. The molecule has 0 saturated carbocycles. The molecule has 0 atom stereocenters. The number of benzene rings is 2. The Bertz CT molecular complexity index is 2500. The third-order valence-electron chi connectivity index (χ3n) is 6.26. The first kappa shape index (κ1) is 93.9. The molecule has 0 aliphatic carbocycles. The fourth-order valence-electron chi connectivity index (χ4n) is 3.04. The SMILES string of the molecule is C.C.C#C.C#CC.C=CCc1ccc(OCO)cc1.C=CCc1ccc(OCOS(=O)(=O)C(F)(F)F)cc1.CCCOC(F)(F)OC(F)(F)C(F)(F)OCCC.CS(=O)(=O)C(F)(F)F.ClCCl.O=S(=O)(OS(=O)(=O)C(F)(F)F)C(F)(F)F. The Balaban J connectivity index is -0.000000136. The lowest BCUT2D eigenvalue weighted by molar-refractivity contribution is -0.526. The topological polar surface area (TPSA) is 221 Å². The van der Waals surface area contributed by atoms with Crippen LogP contribution in [0.5, 0.6) is 11.5 Å². The maximum absolute atomic E-state index is 12.8. The van der Waals surface area contributed by atoms with E-state index in [1.165, 1.54) is 31.5 Å². The fourth-order valence-corrected chi connectivity index (χ4v) is 4.91. The van der Waals surface area contributed by atoms with E-state index in [1.54, 1.807) is 25.1 Å². The first-order chi connectivity index (χ1) is 36.0. The number of terminal acetylenes is 2. The summed E-state index contributed by atoms with van der Waals surface area (Å²) in [6.45, 7) is 8.99. The average molecular weight is 1360 g/mol. The van der Waals surface area contributed by atoms with Gasteiger partial charge in [0.2, 0.25) is 16.6 Å². The molecule has 0 spiro atoms. The molecule has 2 aromatic carbocycles. The maximum Gasteiger partial charge on any atom is 0.524 e. The number of rotatable bonds is 21. The lowest BCUT2D eigenvalue weighted by atomic mass is 10.1. The summed E-state index contributed by atoms with van der Waals surface area (Å²) in [7, 11) is -24.2. The molecular formula is C42H56Cl2F18O16S4. The molecule has 0 aromatic heterocycles. The normalized spacial score (nSPS) is 11.8. The van der Waals surface area contributed by atoms with Crippen molar-refractivity contribution >= 4 is 63.4 Å². The molecule has 0 amide bonds. The molecule has 40 heteroatoms. The molecule has 0 aliphatic heterocycles. The number of ether oxygens (including phenoxy) is 5. The van der Waals surface area contributed by atoms with Gasteiger partial charge in [0.15, 0.2) is 6.79 Å². The molecule has 0 fully saturated rings. The molecule has 2 rings (SSSR count). The van der Waals surface area contributed by atoms with Crippen LogP contribution in [0, 0.1) is 25.2 Å². The van der Waals surface area contributed by atoms with Gasteiger partial charge in [0.05, 0.1) is 18.6 Å². The van der Waals surface area contributed by atoms with Crippen molar-refractivity contribution in [3.63, 3.8) is 0 Å². The van der Waals surface area contributed by atoms with Crippen LogP contribution in [-0.4, -0.2) is 118 Å². The van der Waals surface area contributed by atoms with Crippen molar-refractivity contribution in [3.05, 3.63) is 85.0 Å². The summed E-state index contributed by atoms with van der Waals surface area (Å²) >= 11 is 9.53. The summed E-state index contributed by atoms with van der Waals surface area (Å²) in [4.78, 5) is 0. The molecule has 16 nitrogen and oxygen atoms in total. The van der Waals surface area contributed by atoms with Crippen molar-refractivity contribution in [2.45, 2.75) is 102 Å². The standard InChI is InChI=1S/C11H11F3O4S.C10H12O2.C9H14F6O3.C3H4.C2F6O5S2.C2H3F3O2S.C2H2.CH2Cl2.2CH4/c1-2-3-9-4-6-10(7-5-9)17-8-18-19(15,16)11(12,13)14;1-2-3-9-4-6-10(7-5-9)12-8-11;1-3-5-16-7(10,11)8(12,13)18-9(14,15)17-6-4-2;1-3-2;3-1(4,5)14(9,10)13-15(11,12)2(6,7)8;1-8(6,7)2(3,4)5;1-2;2-1-3;;/h2,4-7H,1,3,8H2;2,4-7,11H,1,3,8H2;3-6H2,1-2H3;1H,2H3;;1H3;1-2H;1H2;2*1H4. The molecule has 0 unspecified atom stereocenters. The van der Waals surface area contributed by atoms with Crippen LogP contribution in [0.1, 0.15) is 59.6 Å². The molecule has 0 radical (unpaired) electrons. The molecule has 484 valence electrons. The van der Waals surface area contributed by atoms with Gasteiger partial charge in [-0.25, -0.2) is 17.3 Å². The number of aliphatic hydroxyl groups excluding tert-OH is 1. The molecule has 1 N–H and O–H groups in total. The van der Waals surface area contributed by atoms with Gasteiger partial charge in [-0.2, -0.15) is 95.5 Å². The molecule has 0 saturated heterocycles. The van der Waals surface area contributed by atoms with Crippen LogP contribution in [0.2, 0.25) is 0 Å². The Kier molecular flexibility index (Phi) is 49.5. The third kappa shape index (κ3) is 43.2. The van der Waals surface area contributed by atoms with E-state index in [4.69, 9.17) is 37.8 Å². The van der Waals surface area contributed by atoms with Crippen molar-refractivity contribution in [1.29, 1.82) is 0 Å². The minimum Gasteiger partial charge on any atom is -0.468 e. The summed E-state index contributed by atoms with van der Waals surface area (Å²) < 4.78 is 318. The van der Waals surface area contributed by atoms with Gasteiger partial charge in [0.25, 0.3) is 0 Å². The van der Waals surface area contributed by atoms with E-state index in [1.807, 2.05) is 34.0 Å². The minimum atomic E-state index is -6.85. The minimum absolute atomic E-state index is 0. The number of allylic oxidation sites excluding steroid dienone is 2. The highest BCUT2D eigenvalue weighted by molar-refractivity contribution is 8.00. The molecule has 0 bridgehead atoms. The van der Waals surface area contributed by atoms with Crippen molar-refractivity contribution in [2.75, 3.05) is 38.4 Å². The number of sulfone groups is 1. The van der Waals surface area contributed by atoms with Gasteiger partial charge in [0.1, 0.15) is 11.5 Å². The lowest BCUT2D eigenvalue weighted by Gasteiger charge is -2.28. The number of hydrogen-bond donors (Lipinski definition) is 1. The van der Waals surface area contributed by atoms with Crippen LogP contribution in [0.4, 0.5) is 79.0 Å². The quantitative estimate of drug-likeness (QED) is 0.0233. The van der Waals surface area contributed by atoms with Crippen LogP contribution in [0.3, 0.4) is 0 Å². The summed E-state index contributed by atoms with van der Waals surface area (Å²) in [6, 6.07) is 13.9. The number of aliphatic hydroxyl groups is 1. The fraction of sp³-hybridized carbons (Fsp3) is 0.524. The summed E-state index contributed by atoms with van der Waals surface area (Å²) in [6.07, 6.45) is 2.35. The molecule has 2 aromatic rings. The zero-order valence-corrected chi connectivity index (χ0v) is 45.8. The second kappa shape index (κ2) is 43.2. The zero-order chi connectivity index (χ0) is 64.9. The van der Waals surface area contributed by atoms with Crippen LogP contribution in [0.25, 0.3) is 0 Å². The molecule has 0 heterocycles. The summed E-state index contributed by atoms with van der Waals surface area (Å²) in [5.41, 5.74) is -20.9. The van der Waals surface area contributed by atoms with Gasteiger partial charge in [0, 0.05) is 6.26 Å². The first-order valence-electron chi connectivity index (χ1n) is 19.7. The van der Waals surface area contributed by atoms with Crippen LogP contribution in [0.15, 0.2) is 73.8 Å². The van der Waals surface area contributed by atoms with E-state index < -0.39 is 101 Å². The van der Waals surface area contributed by atoms with Crippen LogP contribution >= 0.6 is 23.2 Å². The van der Waals surface area contributed by atoms with Crippen molar-refractivity contribution in [1.82, 2.24) is 0 Å². The van der Waals surface area contributed by atoms with Crippen molar-refractivity contribution < 1.29 is 149 Å². The molecule has 82 heavy (non-hydrogen) atoms. The zero-order valence-electron chi connectivity index (χ0n) is 41.0. The third-order valence-corrected chi connectivity index (χ3v) is 10.6. The summed E-state index contributed by atoms with van der Waals surface area (Å²) in [5.74, 6) is 3.13. The van der Waals surface area contributed by atoms with E-state index in [0.717, 1.165) is 12.0 Å². The van der Waals surface area contributed by atoms with E-state index in [0.29, 0.717) is 12.2 Å². The maximum atomic E-state index is 12.8. The highest BCUT2D eigenvalue weighted by Gasteiger charge is 2.65. The largest absolute Gasteiger partial charge is 0.524 e. The van der Waals surface area contributed by atoms with Gasteiger partial charge in [-0.3, -0.25) is 4.74 Å². The molecular weight excluding hydrogens is 1300 g/mol. The van der Waals surface area contributed by atoms with Gasteiger partial charge < -0.3 is 19.3 Å². The van der Waals surface area contributed by atoms with E-state index in [-0.39, 0.29) is 51.8 Å². The van der Waals surface area contributed by atoms with Crippen LogP contribution in [-0.2, 0) is 75.1 Å². The molecule has 0 aliphatic rings. The van der Waals surface area contributed by atoms with E-state index in [9.17, 15) is 113 Å². The summed E-state index contributed by atoms with van der Waals surface area (Å²) in [5, 5.41) is 8.65. The highest BCUT2D eigenvalue weighted by atomic mass is 35.5. The van der Waals surface area contributed by atoms with Gasteiger partial charge in [-0.05, 0) is 68.0 Å². The second-order valence-electron chi connectivity index (χ2n) is 12.6. The van der Waals surface area contributed by atoms with Gasteiger partial charge >= 0.3 is 70.9 Å². The van der Waals surface area contributed by atoms with Gasteiger partial charge in [-0.15, -0.1) is 74.0 Å². The van der Waals surface area contributed by atoms with E-state index in [2.05, 4.69) is 56.7 Å². The number of alkyl halides is 20. The number of halogens is 20. The first-order valence-corrected chi connectivity index (χ1v) is 26.9. The second-order valence-corrected chi connectivity index (χ2v) is 20.3. The van der Waals surface area contributed by atoms with Crippen molar-refractivity contribution in [3.8, 4) is 36.7 Å². The van der Waals surface area contributed by atoms with Crippen LogP contribution < -0.4 is 9.47 Å². The number of hydrogen-bond acceptors (Lipinski definition) is 16. The predicted octanol–water partition coefficient (Wildman–Crippen LogP) is 12.8. The average Bonchev–Trinajstić information content (AvgIpc) is 3.29. The van der Waals surface area contributed by atoms with E-state index >= 15 is 0 Å². The Labute approximate surface area is 472 Å².